The van der Waals surface area contributed by atoms with Crippen LogP contribution in [0.2, 0.25) is 0 Å². The average molecular weight is 261 g/mol. The molecular formula is C10H23Cl2FN2. The Labute approximate surface area is 104 Å². The smallest absolute Gasteiger partial charge is 0.135 e. The molecule has 2 nitrogen and oxygen atoms in total. The van der Waals surface area contributed by atoms with Crippen LogP contribution in [0, 0.1) is 11.3 Å². The summed E-state index contributed by atoms with van der Waals surface area (Å²) in [5.74, 6) is 0.493. The van der Waals surface area contributed by atoms with E-state index in [4.69, 9.17) is 11.5 Å². The second kappa shape index (κ2) is 6.24. The van der Waals surface area contributed by atoms with Crippen molar-refractivity contribution in [3.63, 3.8) is 0 Å². The third kappa shape index (κ3) is 4.85. The van der Waals surface area contributed by atoms with Crippen LogP contribution in [0.15, 0.2) is 0 Å². The minimum Gasteiger partial charge on any atom is -0.327 e. The average Bonchev–Trinajstić information content (AvgIpc) is 2.01. The van der Waals surface area contributed by atoms with Gasteiger partial charge in [-0.15, -0.1) is 24.8 Å². The van der Waals surface area contributed by atoms with E-state index in [2.05, 4.69) is 13.8 Å². The Balaban J connectivity index is 0. The van der Waals surface area contributed by atoms with E-state index in [1.165, 1.54) is 0 Å². The standard InChI is InChI=1S/C10H21FN2.2ClH/c1-9(2)3-8(4-9)5-10(11,6-12)7-13;;/h8H,3-7,12-13H2,1-2H3;2*1H. The van der Waals surface area contributed by atoms with Crippen LogP contribution in [0.5, 0.6) is 0 Å². The molecule has 0 heterocycles. The molecule has 0 aliphatic heterocycles. The first-order chi connectivity index (χ1) is 5.91. The van der Waals surface area contributed by atoms with Crippen molar-refractivity contribution in [2.75, 3.05) is 13.1 Å². The summed E-state index contributed by atoms with van der Waals surface area (Å²) < 4.78 is 13.7. The molecule has 1 aliphatic rings. The van der Waals surface area contributed by atoms with E-state index in [1.54, 1.807) is 0 Å². The molecule has 0 aromatic rings. The molecule has 1 fully saturated rings. The summed E-state index contributed by atoms with van der Waals surface area (Å²) >= 11 is 0. The summed E-state index contributed by atoms with van der Waals surface area (Å²) in [6.45, 7) is 4.55. The fourth-order valence-electron chi connectivity index (χ4n) is 2.41. The molecule has 0 aromatic carbocycles. The Morgan fingerprint density at radius 3 is 1.87 bits per heavy atom. The van der Waals surface area contributed by atoms with Crippen molar-refractivity contribution in [2.24, 2.45) is 22.8 Å². The molecular weight excluding hydrogens is 238 g/mol. The topological polar surface area (TPSA) is 52.0 Å². The Morgan fingerprint density at radius 1 is 1.20 bits per heavy atom. The van der Waals surface area contributed by atoms with Crippen LogP contribution >= 0.6 is 24.8 Å². The van der Waals surface area contributed by atoms with Gasteiger partial charge in [0.05, 0.1) is 0 Å². The zero-order chi connectivity index (χ0) is 10.1. The maximum Gasteiger partial charge on any atom is 0.135 e. The largest absolute Gasteiger partial charge is 0.327 e. The molecule has 0 radical (unpaired) electrons. The molecule has 0 unspecified atom stereocenters. The van der Waals surface area contributed by atoms with Crippen molar-refractivity contribution >= 4 is 24.8 Å². The zero-order valence-electron chi connectivity index (χ0n) is 9.46. The lowest BCUT2D eigenvalue weighted by molar-refractivity contribution is 0.0357. The van der Waals surface area contributed by atoms with Crippen LogP contribution in [0.25, 0.3) is 0 Å². The molecule has 94 valence electrons. The molecule has 0 spiro atoms. The number of halogens is 3. The van der Waals surface area contributed by atoms with Gasteiger partial charge < -0.3 is 11.5 Å². The van der Waals surface area contributed by atoms with Gasteiger partial charge in [-0.25, -0.2) is 4.39 Å². The van der Waals surface area contributed by atoms with Gasteiger partial charge in [0.25, 0.3) is 0 Å². The van der Waals surface area contributed by atoms with Crippen LogP contribution in [-0.2, 0) is 0 Å². The zero-order valence-corrected chi connectivity index (χ0v) is 11.1. The van der Waals surface area contributed by atoms with Gasteiger partial charge in [-0.3, -0.25) is 0 Å². The minimum absolute atomic E-state index is 0. The van der Waals surface area contributed by atoms with Crippen LogP contribution < -0.4 is 11.5 Å². The van der Waals surface area contributed by atoms with Crippen molar-refractivity contribution in [1.29, 1.82) is 0 Å². The molecule has 0 atom stereocenters. The Morgan fingerprint density at radius 2 is 1.60 bits per heavy atom. The molecule has 0 aromatic heterocycles. The fraction of sp³-hybridized carbons (Fsp3) is 1.00. The van der Waals surface area contributed by atoms with E-state index in [0.717, 1.165) is 12.8 Å². The van der Waals surface area contributed by atoms with Crippen LogP contribution in [0.4, 0.5) is 4.39 Å². The highest BCUT2D eigenvalue weighted by atomic mass is 35.5. The monoisotopic (exact) mass is 260 g/mol. The van der Waals surface area contributed by atoms with Gasteiger partial charge in [0.15, 0.2) is 0 Å². The van der Waals surface area contributed by atoms with Crippen molar-refractivity contribution in [3.05, 3.63) is 0 Å². The molecule has 5 heteroatoms. The summed E-state index contributed by atoms with van der Waals surface area (Å²) in [7, 11) is 0. The first kappa shape index (κ1) is 17.8. The van der Waals surface area contributed by atoms with Gasteiger partial charge in [0.2, 0.25) is 0 Å². The SMILES string of the molecule is CC1(C)CC(CC(F)(CN)CN)C1.Cl.Cl. The molecule has 1 aliphatic carbocycles. The van der Waals surface area contributed by atoms with Gasteiger partial charge in [-0.05, 0) is 30.6 Å². The first-order valence-corrected chi connectivity index (χ1v) is 5.00. The normalized spacial score (nSPS) is 19.8. The van der Waals surface area contributed by atoms with Crippen LogP contribution in [0.1, 0.15) is 33.1 Å². The van der Waals surface area contributed by atoms with Gasteiger partial charge in [-0.1, -0.05) is 13.8 Å². The molecule has 1 saturated carbocycles. The minimum atomic E-state index is -1.32. The molecule has 15 heavy (non-hydrogen) atoms. The maximum absolute atomic E-state index is 13.7. The van der Waals surface area contributed by atoms with Crippen molar-refractivity contribution in [3.8, 4) is 0 Å². The van der Waals surface area contributed by atoms with E-state index in [-0.39, 0.29) is 37.9 Å². The van der Waals surface area contributed by atoms with E-state index < -0.39 is 5.67 Å². The number of rotatable bonds is 4. The lowest BCUT2D eigenvalue weighted by Gasteiger charge is -2.45. The summed E-state index contributed by atoms with van der Waals surface area (Å²) in [5.41, 5.74) is 9.81. The van der Waals surface area contributed by atoms with Gasteiger partial charge in [-0.2, -0.15) is 0 Å². The van der Waals surface area contributed by atoms with Crippen LogP contribution in [-0.4, -0.2) is 18.8 Å². The second-order valence-corrected chi connectivity index (χ2v) is 5.20. The quantitative estimate of drug-likeness (QED) is 0.815. The lowest BCUT2D eigenvalue weighted by Crippen LogP contribution is -2.45. The second-order valence-electron chi connectivity index (χ2n) is 5.20. The molecule has 0 saturated heterocycles. The van der Waals surface area contributed by atoms with Crippen molar-refractivity contribution < 1.29 is 4.39 Å². The number of nitrogens with two attached hydrogens (primary N) is 2. The van der Waals surface area contributed by atoms with E-state index in [0.29, 0.717) is 17.8 Å². The van der Waals surface area contributed by atoms with Gasteiger partial charge in [0.1, 0.15) is 5.67 Å². The first-order valence-electron chi connectivity index (χ1n) is 5.00. The summed E-state index contributed by atoms with van der Waals surface area (Å²) in [6.07, 6.45) is 2.76. The summed E-state index contributed by atoms with van der Waals surface area (Å²) in [4.78, 5) is 0. The predicted octanol–water partition coefficient (Wildman–Crippen LogP) is 2.28. The maximum atomic E-state index is 13.7. The van der Waals surface area contributed by atoms with E-state index in [9.17, 15) is 4.39 Å². The highest BCUT2D eigenvalue weighted by Crippen LogP contribution is 2.48. The third-order valence-corrected chi connectivity index (χ3v) is 3.07. The Bertz CT molecular complexity index is 176. The van der Waals surface area contributed by atoms with E-state index in [1.807, 2.05) is 0 Å². The van der Waals surface area contributed by atoms with Crippen molar-refractivity contribution in [1.82, 2.24) is 0 Å². The molecule has 0 amide bonds. The Hall–Kier alpha value is 0.430. The molecule has 4 N–H and O–H groups in total. The van der Waals surface area contributed by atoms with Gasteiger partial charge >= 0.3 is 0 Å². The summed E-state index contributed by atoms with van der Waals surface area (Å²) in [5, 5.41) is 0. The summed E-state index contributed by atoms with van der Waals surface area (Å²) in [6, 6.07) is 0. The molecule has 1 rings (SSSR count). The predicted molar refractivity (Wildman–Crippen MR) is 67.6 cm³/mol. The number of hydrogen-bond donors (Lipinski definition) is 2. The lowest BCUT2D eigenvalue weighted by atomic mass is 9.62. The molecule has 0 bridgehead atoms. The Kier molecular flexibility index (Phi) is 7.41. The van der Waals surface area contributed by atoms with Crippen molar-refractivity contribution in [2.45, 2.75) is 38.8 Å². The number of alkyl halides is 1. The fourth-order valence-corrected chi connectivity index (χ4v) is 2.41. The third-order valence-electron chi connectivity index (χ3n) is 3.07. The highest BCUT2D eigenvalue weighted by molar-refractivity contribution is 5.85. The van der Waals surface area contributed by atoms with Crippen LogP contribution in [0.3, 0.4) is 0 Å². The highest BCUT2D eigenvalue weighted by Gasteiger charge is 2.41. The number of hydrogen-bond acceptors (Lipinski definition) is 2. The van der Waals surface area contributed by atoms with Gasteiger partial charge in [0, 0.05) is 13.1 Å². The van der Waals surface area contributed by atoms with E-state index >= 15 is 0 Å².